The number of allylic oxidation sites excluding steroid dienone is 1. The van der Waals surface area contributed by atoms with Crippen LogP contribution in [0.15, 0.2) is 90.0 Å². The molecule has 1 N–H and O–H groups in total. The summed E-state index contributed by atoms with van der Waals surface area (Å²) < 4.78 is 6.10. The molecule has 0 fully saturated rings. The molecule has 3 aromatic carbocycles. The van der Waals surface area contributed by atoms with Crippen molar-refractivity contribution in [2.75, 3.05) is 7.11 Å². The maximum absolute atomic E-state index is 12.5. The molecule has 0 saturated heterocycles. The summed E-state index contributed by atoms with van der Waals surface area (Å²) in [6.45, 7) is 0. The second-order valence-electron chi connectivity index (χ2n) is 5.90. The van der Waals surface area contributed by atoms with Crippen molar-refractivity contribution in [2.24, 2.45) is 5.10 Å². The summed E-state index contributed by atoms with van der Waals surface area (Å²) in [6, 6.07) is 24.9. The van der Waals surface area contributed by atoms with Gasteiger partial charge in [-0.25, -0.2) is 5.43 Å². The Bertz CT molecular complexity index is 1000. The van der Waals surface area contributed by atoms with Crippen molar-refractivity contribution >= 4 is 40.3 Å². The smallest absolute Gasteiger partial charge is 0.271 e. The maximum atomic E-state index is 12.5. The first-order chi connectivity index (χ1) is 13.7. The SMILES string of the molecule is COc1ccc(C(=O)NN=C(C=Cc2ccccc2)c2ccccc2)cc1I. The Morgan fingerprint density at radius 3 is 2.29 bits per heavy atom. The van der Waals surface area contributed by atoms with Crippen molar-refractivity contribution in [3.8, 4) is 5.75 Å². The van der Waals surface area contributed by atoms with Crippen LogP contribution in [0.25, 0.3) is 6.08 Å². The molecule has 3 aromatic rings. The van der Waals surface area contributed by atoms with E-state index in [-0.39, 0.29) is 5.91 Å². The number of benzene rings is 3. The van der Waals surface area contributed by atoms with E-state index in [4.69, 9.17) is 4.74 Å². The number of methoxy groups -OCH3 is 1. The first kappa shape index (κ1) is 19.8. The van der Waals surface area contributed by atoms with E-state index >= 15 is 0 Å². The lowest BCUT2D eigenvalue weighted by molar-refractivity contribution is 0.0955. The van der Waals surface area contributed by atoms with Crippen molar-refractivity contribution in [3.05, 3.63) is 105 Å². The number of rotatable bonds is 6. The molecule has 0 aromatic heterocycles. The molecule has 0 heterocycles. The summed E-state index contributed by atoms with van der Waals surface area (Å²) in [5.74, 6) is 0.457. The van der Waals surface area contributed by atoms with Crippen molar-refractivity contribution in [1.29, 1.82) is 0 Å². The first-order valence-corrected chi connectivity index (χ1v) is 9.75. The number of hydrogen-bond acceptors (Lipinski definition) is 3. The summed E-state index contributed by atoms with van der Waals surface area (Å²) in [5.41, 5.74) is 5.81. The van der Waals surface area contributed by atoms with Crippen LogP contribution in [0.1, 0.15) is 21.5 Å². The number of halogens is 1. The van der Waals surface area contributed by atoms with Gasteiger partial charge in [-0.2, -0.15) is 5.10 Å². The molecule has 0 aliphatic heterocycles. The van der Waals surface area contributed by atoms with E-state index in [1.54, 1.807) is 25.3 Å². The normalized spacial score (nSPS) is 11.4. The van der Waals surface area contributed by atoms with Crippen LogP contribution in [0.3, 0.4) is 0 Å². The molecule has 0 aliphatic rings. The molecule has 5 heteroatoms. The van der Waals surface area contributed by atoms with Crippen molar-refractivity contribution < 1.29 is 9.53 Å². The van der Waals surface area contributed by atoms with Crippen molar-refractivity contribution in [3.63, 3.8) is 0 Å². The maximum Gasteiger partial charge on any atom is 0.271 e. The highest BCUT2D eigenvalue weighted by atomic mass is 127. The Hall–Kier alpha value is -2.93. The monoisotopic (exact) mass is 482 g/mol. The molecule has 4 nitrogen and oxygen atoms in total. The van der Waals surface area contributed by atoms with Gasteiger partial charge in [-0.3, -0.25) is 4.79 Å². The fourth-order valence-corrected chi connectivity index (χ4v) is 3.26. The van der Waals surface area contributed by atoms with E-state index in [9.17, 15) is 4.79 Å². The quantitative estimate of drug-likeness (QED) is 0.300. The molecule has 3 rings (SSSR count). The molecular weight excluding hydrogens is 463 g/mol. The van der Waals surface area contributed by atoms with Gasteiger partial charge in [-0.05, 0) is 52.4 Å². The van der Waals surface area contributed by atoms with E-state index in [0.29, 0.717) is 11.3 Å². The Morgan fingerprint density at radius 2 is 1.64 bits per heavy atom. The van der Waals surface area contributed by atoms with Crippen LogP contribution in [0.4, 0.5) is 0 Å². The zero-order valence-corrected chi connectivity index (χ0v) is 17.5. The minimum atomic E-state index is -0.276. The summed E-state index contributed by atoms with van der Waals surface area (Å²) in [7, 11) is 1.60. The lowest BCUT2D eigenvalue weighted by atomic mass is 10.1. The summed E-state index contributed by atoms with van der Waals surface area (Å²) >= 11 is 2.14. The number of ether oxygens (including phenoxy) is 1. The van der Waals surface area contributed by atoms with Gasteiger partial charge in [0.25, 0.3) is 5.91 Å². The summed E-state index contributed by atoms with van der Waals surface area (Å²) in [4.78, 5) is 12.5. The minimum absolute atomic E-state index is 0.276. The third kappa shape index (κ3) is 5.29. The summed E-state index contributed by atoms with van der Waals surface area (Å²) in [5, 5.41) is 4.35. The van der Waals surface area contributed by atoms with Gasteiger partial charge in [0, 0.05) is 11.1 Å². The Labute approximate surface area is 178 Å². The number of nitrogens with zero attached hydrogens (tertiary/aromatic N) is 1. The topological polar surface area (TPSA) is 50.7 Å². The highest BCUT2D eigenvalue weighted by Gasteiger charge is 2.09. The van der Waals surface area contributed by atoms with Crippen LogP contribution < -0.4 is 10.2 Å². The van der Waals surface area contributed by atoms with E-state index < -0.39 is 0 Å². The average molecular weight is 482 g/mol. The second-order valence-corrected chi connectivity index (χ2v) is 7.06. The number of amides is 1. The molecule has 140 valence electrons. The standard InChI is InChI=1S/C23H19IN2O2/c1-28-22-15-13-19(16-20(22)24)23(27)26-25-21(18-10-6-3-7-11-18)14-12-17-8-4-2-5-9-17/h2-16H,1H3,(H,26,27). The van der Waals surface area contributed by atoms with Crippen LogP contribution >= 0.6 is 22.6 Å². The fourth-order valence-electron chi connectivity index (χ4n) is 2.53. The molecule has 0 unspecified atom stereocenters. The number of nitrogens with one attached hydrogen (secondary N) is 1. The molecule has 0 bridgehead atoms. The zero-order chi connectivity index (χ0) is 19.8. The van der Waals surface area contributed by atoms with Gasteiger partial charge < -0.3 is 4.74 Å². The van der Waals surface area contributed by atoms with Gasteiger partial charge in [0.15, 0.2) is 0 Å². The number of hydrazone groups is 1. The predicted molar refractivity (Wildman–Crippen MR) is 122 cm³/mol. The first-order valence-electron chi connectivity index (χ1n) is 8.67. The zero-order valence-electron chi connectivity index (χ0n) is 15.3. The fraction of sp³-hybridized carbons (Fsp3) is 0.0435. The molecule has 0 atom stereocenters. The Balaban J connectivity index is 1.83. The van der Waals surface area contributed by atoms with Crippen LogP contribution in [-0.4, -0.2) is 18.7 Å². The predicted octanol–water partition coefficient (Wildman–Crippen LogP) is 5.15. The highest BCUT2D eigenvalue weighted by molar-refractivity contribution is 14.1. The minimum Gasteiger partial charge on any atom is -0.496 e. The van der Waals surface area contributed by atoms with Crippen LogP contribution in [-0.2, 0) is 0 Å². The Kier molecular flexibility index (Phi) is 6.97. The van der Waals surface area contributed by atoms with Gasteiger partial charge in [-0.1, -0.05) is 66.7 Å². The number of carbonyl (C=O) groups is 1. The lowest BCUT2D eigenvalue weighted by Gasteiger charge is -2.07. The average Bonchev–Trinajstić information content (AvgIpc) is 2.75. The molecular formula is C23H19IN2O2. The molecule has 0 saturated carbocycles. The molecule has 0 spiro atoms. The van der Waals surface area contributed by atoms with Crippen LogP contribution in [0.5, 0.6) is 5.75 Å². The second kappa shape index (κ2) is 9.85. The summed E-state index contributed by atoms with van der Waals surface area (Å²) in [6.07, 6.45) is 3.86. The van der Waals surface area contributed by atoms with Gasteiger partial charge in [0.2, 0.25) is 0 Å². The third-order valence-corrected chi connectivity index (χ3v) is 4.84. The van der Waals surface area contributed by atoms with E-state index in [1.165, 1.54) is 0 Å². The van der Waals surface area contributed by atoms with E-state index in [1.807, 2.05) is 72.8 Å². The van der Waals surface area contributed by atoms with Gasteiger partial charge in [-0.15, -0.1) is 0 Å². The van der Waals surface area contributed by atoms with Gasteiger partial charge >= 0.3 is 0 Å². The number of hydrogen-bond donors (Lipinski definition) is 1. The largest absolute Gasteiger partial charge is 0.496 e. The third-order valence-electron chi connectivity index (χ3n) is 3.99. The van der Waals surface area contributed by atoms with E-state index in [2.05, 4.69) is 33.1 Å². The van der Waals surface area contributed by atoms with E-state index in [0.717, 1.165) is 20.4 Å². The van der Waals surface area contributed by atoms with Crippen LogP contribution in [0, 0.1) is 3.57 Å². The highest BCUT2D eigenvalue weighted by Crippen LogP contribution is 2.21. The number of carbonyl (C=O) groups excluding carboxylic acids is 1. The van der Waals surface area contributed by atoms with Crippen LogP contribution in [0.2, 0.25) is 0 Å². The molecule has 0 aliphatic carbocycles. The Morgan fingerprint density at radius 1 is 0.964 bits per heavy atom. The molecule has 28 heavy (non-hydrogen) atoms. The van der Waals surface area contributed by atoms with Gasteiger partial charge in [0.05, 0.1) is 16.4 Å². The van der Waals surface area contributed by atoms with Gasteiger partial charge in [0.1, 0.15) is 5.75 Å². The van der Waals surface area contributed by atoms with Crippen molar-refractivity contribution in [1.82, 2.24) is 5.43 Å². The molecule has 0 radical (unpaired) electrons. The lowest BCUT2D eigenvalue weighted by Crippen LogP contribution is -2.19. The molecule has 1 amide bonds. The van der Waals surface area contributed by atoms with Crippen molar-refractivity contribution in [2.45, 2.75) is 0 Å².